The fourth-order valence-electron chi connectivity index (χ4n) is 2.13. The zero-order chi connectivity index (χ0) is 18.2. The zero-order valence-corrected chi connectivity index (χ0v) is 14.3. The number of rotatable bonds is 4. The summed E-state index contributed by atoms with van der Waals surface area (Å²) in [6.07, 6.45) is -3.04. The van der Waals surface area contributed by atoms with Gasteiger partial charge in [0.05, 0.1) is 16.6 Å². The predicted molar refractivity (Wildman–Crippen MR) is 86.8 cm³/mol. The van der Waals surface area contributed by atoms with Crippen molar-refractivity contribution in [2.75, 3.05) is 4.72 Å². The maximum Gasteiger partial charge on any atom is 0.416 e. The van der Waals surface area contributed by atoms with Gasteiger partial charge in [-0.05, 0) is 37.3 Å². The van der Waals surface area contributed by atoms with Crippen molar-refractivity contribution in [1.29, 1.82) is 0 Å². The van der Waals surface area contributed by atoms with E-state index in [9.17, 15) is 21.6 Å². The molecule has 2 aromatic heterocycles. The van der Waals surface area contributed by atoms with Crippen molar-refractivity contribution < 1.29 is 26.1 Å². The molecule has 5 nitrogen and oxygen atoms in total. The van der Waals surface area contributed by atoms with Gasteiger partial charge in [0, 0.05) is 16.6 Å². The number of sulfonamides is 1. The second-order valence-electron chi connectivity index (χ2n) is 5.09. The van der Waals surface area contributed by atoms with Crippen LogP contribution in [0.2, 0.25) is 0 Å². The standard InChI is InChI=1S/C15H11F3N2O3S2/c1-9-14(8-13(24-9)12-6-7-19-23-12)25(21,22)20-11-4-2-10(3-5-11)15(16,17)18/h2-8,20H,1H3. The molecule has 0 saturated heterocycles. The van der Waals surface area contributed by atoms with E-state index in [2.05, 4.69) is 9.88 Å². The molecule has 0 fully saturated rings. The largest absolute Gasteiger partial charge is 0.416 e. The van der Waals surface area contributed by atoms with Gasteiger partial charge in [-0.3, -0.25) is 4.72 Å². The van der Waals surface area contributed by atoms with Gasteiger partial charge < -0.3 is 4.52 Å². The summed E-state index contributed by atoms with van der Waals surface area (Å²) in [6.45, 7) is 1.63. The lowest BCUT2D eigenvalue weighted by Gasteiger charge is -2.10. The van der Waals surface area contributed by atoms with Crippen LogP contribution in [0, 0.1) is 6.92 Å². The molecule has 0 aliphatic carbocycles. The zero-order valence-electron chi connectivity index (χ0n) is 12.7. The topological polar surface area (TPSA) is 72.2 Å². The van der Waals surface area contributed by atoms with E-state index >= 15 is 0 Å². The highest BCUT2D eigenvalue weighted by molar-refractivity contribution is 7.93. The minimum atomic E-state index is -4.48. The monoisotopic (exact) mass is 388 g/mol. The second kappa shape index (κ2) is 6.19. The Bertz CT molecular complexity index is 976. The number of thiophene rings is 1. The van der Waals surface area contributed by atoms with Crippen molar-refractivity contribution >= 4 is 27.0 Å². The van der Waals surface area contributed by atoms with Crippen LogP contribution >= 0.6 is 11.3 Å². The predicted octanol–water partition coefficient (Wildman–Crippen LogP) is 4.53. The molecule has 0 bridgehead atoms. The SMILES string of the molecule is Cc1sc(-c2ccno2)cc1S(=O)(=O)Nc1ccc(C(F)(F)F)cc1. The first kappa shape index (κ1) is 17.5. The molecule has 25 heavy (non-hydrogen) atoms. The Hall–Kier alpha value is -2.33. The highest BCUT2D eigenvalue weighted by atomic mass is 32.2. The lowest BCUT2D eigenvalue weighted by atomic mass is 10.2. The minimum absolute atomic E-state index is 0.0313. The summed E-state index contributed by atoms with van der Waals surface area (Å²) in [6, 6.07) is 6.81. The van der Waals surface area contributed by atoms with Gasteiger partial charge >= 0.3 is 6.18 Å². The molecule has 132 valence electrons. The summed E-state index contributed by atoms with van der Waals surface area (Å²) >= 11 is 1.21. The number of alkyl halides is 3. The van der Waals surface area contributed by atoms with E-state index in [-0.39, 0.29) is 10.6 Å². The Kier molecular flexibility index (Phi) is 4.33. The van der Waals surface area contributed by atoms with E-state index in [1.54, 1.807) is 13.0 Å². The second-order valence-corrected chi connectivity index (χ2v) is 8.00. The maximum absolute atomic E-state index is 12.6. The Labute approximate surface area is 145 Å². The van der Waals surface area contributed by atoms with Crippen molar-refractivity contribution in [3.8, 4) is 10.6 Å². The Balaban J connectivity index is 1.87. The van der Waals surface area contributed by atoms with Crippen molar-refractivity contribution in [2.45, 2.75) is 18.0 Å². The summed E-state index contributed by atoms with van der Waals surface area (Å²) in [5.74, 6) is 0.434. The van der Waals surface area contributed by atoms with E-state index in [4.69, 9.17) is 4.52 Å². The van der Waals surface area contributed by atoms with E-state index in [1.165, 1.54) is 23.6 Å². The normalized spacial score (nSPS) is 12.3. The lowest BCUT2D eigenvalue weighted by molar-refractivity contribution is -0.137. The van der Waals surface area contributed by atoms with Crippen molar-refractivity contribution in [3.05, 3.63) is 53.0 Å². The molecule has 0 atom stereocenters. The highest BCUT2D eigenvalue weighted by Gasteiger charge is 2.30. The number of hydrogen-bond donors (Lipinski definition) is 1. The molecule has 0 aliphatic heterocycles. The number of aromatic nitrogens is 1. The lowest BCUT2D eigenvalue weighted by Crippen LogP contribution is -2.13. The number of nitrogens with zero attached hydrogens (tertiary/aromatic N) is 1. The first-order valence-corrected chi connectivity index (χ1v) is 9.18. The van der Waals surface area contributed by atoms with Crippen LogP contribution in [0.4, 0.5) is 18.9 Å². The molecule has 3 aromatic rings. The highest BCUT2D eigenvalue weighted by Crippen LogP contribution is 2.34. The van der Waals surface area contributed by atoms with Crippen molar-refractivity contribution in [2.24, 2.45) is 0 Å². The van der Waals surface area contributed by atoms with E-state index in [0.29, 0.717) is 15.5 Å². The molecule has 0 aliphatic rings. The first-order chi connectivity index (χ1) is 11.7. The molecule has 3 rings (SSSR count). The number of halogens is 3. The minimum Gasteiger partial charge on any atom is -0.355 e. The van der Waals surface area contributed by atoms with Gasteiger partial charge in [-0.2, -0.15) is 13.2 Å². The quantitative estimate of drug-likeness (QED) is 0.713. The third kappa shape index (κ3) is 3.69. The molecular formula is C15H11F3N2O3S2. The molecule has 10 heteroatoms. The van der Waals surface area contributed by atoms with Gasteiger partial charge in [-0.25, -0.2) is 8.42 Å². The van der Waals surface area contributed by atoms with Crippen LogP contribution in [0.3, 0.4) is 0 Å². The number of hydrogen-bond acceptors (Lipinski definition) is 5. The number of nitrogens with one attached hydrogen (secondary N) is 1. The summed E-state index contributed by atoms with van der Waals surface area (Å²) in [5.41, 5.74) is -0.811. The average Bonchev–Trinajstić information content (AvgIpc) is 3.15. The van der Waals surface area contributed by atoms with Crippen LogP contribution in [-0.2, 0) is 16.2 Å². The Morgan fingerprint density at radius 1 is 1.16 bits per heavy atom. The fourth-order valence-corrected chi connectivity index (χ4v) is 4.74. The molecule has 0 spiro atoms. The summed E-state index contributed by atoms with van der Waals surface area (Å²) in [7, 11) is -3.95. The van der Waals surface area contributed by atoms with Crippen molar-refractivity contribution in [1.82, 2.24) is 5.16 Å². The number of anilines is 1. The molecular weight excluding hydrogens is 377 g/mol. The molecule has 0 amide bonds. The van der Waals surface area contributed by atoms with E-state index < -0.39 is 21.8 Å². The van der Waals surface area contributed by atoms with Gasteiger partial charge in [-0.1, -0.05) is 5.16 Å². The van der Waals surface area contributed by atoms with Crippen LogP contribution in [0.15, 0.2) is 52.0 Å². The maximum atomic E-state index is 12.6. The van der Waals surface area contributed by atoms with Gasteiger partial charge in [0.1, 0.15) is 4.90 Å². The van der Waals surface area contributed by atoms with E-state index in [0.717, 1.165) is 24.3 Å². The molecule has 0 unspecified atom stereocenters. The summed E-state index contributed by atoms with van der Waals surface area (Å²) in [4.78, 5) is 1.14. The molecule has 1 aromatic carbocycles. The Morgan fingerprint density at radius 3 is 2.40 bits per heavy atom. The third-order valence-corrected chi connectivity index (χ3v) is 6.01. The molecule has 0 saturated carbocycles. The van der Waals surface area contributed by atoms with Gasteiger partial charge in [-0.15, -0.1) is 11.3 Å². The molecule has 2 heterocycles. The summed E-state index contributed by atoms with van der Waals surface area (Å²) < 4.78 is 70.0. The first-order valence-electron chi connectivity index (χ1n) is 6.88. The van der Waals surface area contributed by atoms with Gasteiger partial charge in [0.2, 0.25) is 0 Å². The van der Waals surface area contributed by atoms with Crippen molar-refractivity contribution in [3.63, 3.8) is 0 Å². The molecule has 0 radical (unpaired) electrons. The smallest absolute Gasteiger partial charge is 0.355 e. The van der Waals surface area contributed by atoms with Crippen LogP contribution in [0.1, 0.15) is 10.4 Å². The van der Waals surface area contributed by atoms with Gasteiger partial charge in [0.15, 0.2) is 5.76 Å². The summed E-state index contributed by atoms with van der Waals surface area (Å²) in [5, 5.41) is 3.57. The van der Waals surface area contributed by atoms with E-state index in [1.807, 2.05) is 0 Å². The number of benzene rings is 1. The van der Waals surface area contributed by atoms with Crippen LogP contribution in [-0.4, -0.2) is 13.6 Å². The number of aryl methyl sites for hydroxylation is 1. The van der Waals surface area contributed by atoms with Crippen LogP contribution in [0.5, 0.6) is 0 Å². The van der Waals surface area contributed by atoms with Crippen LogP contribution < -0.4 is 4.72 Å². The fraction of sp³-hybridized carbons (Fsp3) is 0.133. The van der Waals surface area contributed by atoms with Gasteiger partial charge in [0.25, 0.3) is 10.0 Å². The Morgan fingerprint density at radius 2 is 1.84 bits per heavy atom. The molecule has 1 N–H and O–H groups in total. The average molecular weight is 388 g/mol. The third-order valence-electron chi connectivity index (χ3n) is 3.31. The van der Waals surface area contributed by atoms with Crippen LogP contribution in [0.25, 0.3) is 10.6 Å².